The summed E-state index contributed by atoms with van der Waals surface area (Å²) in [6, 6.07) is 8.15. The van der Waals surface area contributed by atoms with Gasteiger partial charge in [-0.3, -0.25) is 9.78 Å². The van der Waals surface area contributed by atoms with Gasteiger partial charge in [-0.05, 0) is 67.7 Å². The van der Waals surface area contributed by atoms with Crippen molar-refractivity contribution in [1.82, 2.24) is 20.6 Å². The maximum absolute atomic E-state index is 13.0. The van der Waals surface area contributed by atoms with Crippen LogP contribution in [0.3, 0.4) is 0 Å². The van der Waals surface area contributed by atoms with Crippen molar-refractivity contribution >= 4 is 29.7 Å². The molecule has 1 atom stereocenters. The van der Waals surface area contributed by atoms with Gasteiger partial charge in [0, 0.05) is 23.3 Å². The van der Waals surface area contributed by atoms with E-state index in [1.54, 1.807) is 18.3 Å². The lowest BCUT2D eigenvalue weighted by Crippen LogP contribution is -2.23. The molecule has 1 aliphatic heterocycles. The van der Waals surface area contributed by atoms with Crippen LogP contribution in [0.4, 0.5) is 4.39 Å². The molecular weight excluding hydrogens is 411 g/mol. The second-order valence-corrected chi connectivity index (χ2v) is 7.90. The number of hydrogen-bond donors (Lipinski definition) is 2. The highest BCUT2D eigenvalue weighted by atomic mass is 35.5. The molecular formula is C21H22ClFN4OS. The molecule has 0 spiro atoms. The molecule has 4 rings (SSSR count). The summed E-state index contributed by atoms with van der Waals surface area (Å²) in [7, 11) is 0. The lowest BCUT2D eigenvalue weighted by molar-refractivity contribution is 0.0950. The number of nitrogens with one attached hydrogen (secondary N) is 2. The van der Waals surface area contributed by atoms with Crippen LogP contribution < -0.4 is 10.6 Å². The molecule has 29 heavy (non-hydrogen) atoms. The lowest BCUT2D eigenvalue weighted by Gasteiger charge is -2.09. The average molecular weight is 433 g/mol. The number of halogens is 2. The molecule has 1 aliphatic rings. The molecule has 1 aromatic carbocycles. The maximum atomic E-state index is 13.0. The van der Waals surface area contributed by atoms with Crippen molar-refractivity contribution in [3.63, 3.8) is 0 Å². The normalized spacial score (nSPS) is 15.7. The van der Waals surface area contributed by atoms with Crippen LogP contribution in [-0.2, 0) is 13.0 Å². The van der Waals surface area contributed by atoms with Gasteiger partial charge in [-0.15, -0.1) is 23.7 Å². The first-order valence-corrected chi connectivity index (χ1v) is 10.2. The molecule has 3 aromatic rings. The summed E-state index contributed by atoms with van der Waals surface area (Å²) >= 11 is 1.47. The first-order chi connectivity index (χ1) is 13.7. The highest BCUT2D eigenvalue weighted by Gasteiger charge is 2.16. The van der Waals surface area contributed by atoms with Gasteiger partial charge in [0.1, 0.15) is 10.8 Å². The van der Waals surface area contributed by atoms with Crippen LogP contribution in [0.2, 0.25) is 0 Å². The van der Waals surface area contributed by atoms with E-state index in [1.165, 1.54) is 23.5 Å². The predicted octanol–water partition coefficient (Wildman–Crippen LogP) is 3.85. The Morgan fingerprint density at radius 3 is 2.86 bits per heavy atom. The van der Waals surface area contributed by atoms with Crippen LogP contribution in [0.1, 0.15) is 27.3 Å². The number of hydrogen-bond acceptors (Lipinski definition) is 5. The third-order valence-electron chi connectivity index (χ3n) is 4.84. The van der Waals surface area contributed by atoms with Crippen LogP contribution in [0.5, 0.6) is 0 Å². The largest absolute Gasteiger partial charge is 0.345 e. The zero-order valence-electron chi connectivity index (χ0n) is 15.7. The molecule has 1 unspecified atom stereocenters. The molecule has 0 aliphatic carbocycles. The van der Waals surface area contributed by atoms with Crippen LogP contribution >= 0.6 is 23.7 Å². The summed E-state index contributed by atoms with van der Waals surface area (Å²) in [4.78, 5) is 21.2. The Labute approximate surface area is 179 Å². The number of thiazole rings is 1. The van der Waals surface area contributed by atoms with E-state index in [-0.39, 0.29) is 24.1 Å². The molecule has 3 heterocycles. The monoisotopic (exact) mass is 432 g/mol. The minimum Gasteiger partial charge on any atom is -0.345 e. The SMILES string of the molecule is Cl.O=C(NCc1nc(-c2ccc(F)cc2)cs1)c1cncc(CC2CCNC2)c1. The van der Waals surface area contributed by atoms with E-state index in [2.05, 4.69) is 20.6 Å². The fraction of sp³-hybridized carbons (Fsp3) is 0.286. The van der Waals surface area contributed by atoms with Gasteiger partial charge in [0.25, 0.3) is 5.91 Å². The highest BCUT2D eigenvalue weighted by Crippen LogP contribution is 2.22. The Hall–Kier alpha value is -2.35. The van der Waals surface area contributed by atoms with Gasteiger partial charge in [-0.1, -0.05) is 0 Å². The van der Waals surface area contributed by atoms with Crippen molar-refractivity contribution in [3.8, 4) is 11.3 Å². The van der Waals surface area contributed by atoms with E-state index in [9.17, 15) is 9.18 Å². The molecule has 8 heteroatoms. The summed E-state index contributed by atoms with van der Waals surface area (Å²) in [6.45, 7) is 2.43. The topological polar surface area (TPSA) is 66.9 Å². The van der Waals surface area contributed by atoms with E-state index in [1.807, 2.05) is 17.6 Å². The molecule has 1 saturated heterocycles. The molecule has 0 bridgehead atoms. The Balaban J connectivity index is 0.00000240. The third-order valence-corrected chi connectivity index (χ3v) is 5.68. The van der Waals surface area contributed by atoms with Crippen molar-refractivity contribution in [2.24, 2.45) is 5.92 Å². The first kappa shape index (κ1) is 21.4. The van der Waals surface area contributed by atoms with Crippen molar-refractivity contribution in [3.05, 3.63) is 70.1 Å². The summed E-state index contributed by atoms with van der Waals surface area (Å²) in [5, 5.41) is 8.98. The number of aromatic nitrogens is 2. The maximum Gasteiger partial charge on any atom is 0.253 e. The molecule has 152 valence electrons. The predicted molar refractivity (Wildman–Crippen MR) is 115 cm³/mol. The Kier molecular flexibility index (Phi) is 7.30. The summed E-state index contributed by atoms with van der Waals surface area (Å²) in [5.74, 6) is 0.184. The molecule has 1 amide bonds. The number of pyridine rings is 1. The van der Waals surface area contributed by atoms with E-state index < -0.39 is 0 Å². The number of nitrogens with zero attached hydrogens (tertiary/aromatic N) is 2. The zero-order valence-corrected chi connectivity index (χ0v) is 17.4. The van der Waals surface area contributed by atoms with Gasteiger partial charge in [0.2, 0.25) is 0 Å². The van der Waals surface area contributed by atoms with Crippen LogP contribution in [0.25, 0.3) is 11.3 Å². The first-order valence-electron chi connectivity index (χ1n) is 9.30. The van der Waals surface area contributed by atoms with Gasteiger partial charge in [-0.25, -0.2) is 9.37 Å². The lowest BCUT2D eigenvalue weighted by atomic mass is 9.99. The van der Waals surface area contributed by atoms with Gasteiger partial charge >= 0.3 is 0 Å². The number of benzene rings is 1. The minimum atomic E-state index is -0.272. The Morgan fingerprint density at radius 1 is 1.28 bits per heavy atom. The van der Waals surface area contributed by atoms with Crippen molar-refractivity contribution < 1.29 is 9.18 Å². The number of carbonyl (C=O) groups excluding carboxylic acids is 1. The smallest absolute Gasteiger partial charge is 0.253 e. The molecule has 1 fully saturated rings. The molecule has 2 N–H and O–H groups in total. The van der Waals surface area contributed by atoms with E-state index in [4.69, 9.17) is 0 Å². The average Bonchev–Trinajstić information content (AvgIpc) is 3.39. The minimum absolute atomic E-state index is 0. The third kappa shape index (κ3) is 5.59. The quantitative estimate of drug-likeness (QED) is 0.621. The number of amides is 1. The zero-order chi connectivity index (χ0) is 19.3. The van der Waals surface area contributed by atoms with Crippen molar-refractivity contribution in [2.45, 2.75) is 19.4 Å². The van der Waals surface area contributed by atoms with E-state index >= 15 is 0 Å². The second kappa shape index (κ2) is 9.91. The summed E-state index contributed by atoms with van der Waals surface area (Å²) in [6.07, 6.45) is 5.54. The summed E-state index contributed by atoms with van der Waals surface area (Å²) in [5.41, 5.74) is 3.30. The fourth-order valence-electron chi connectivity index (χ4n) is 3.35. The van der Waals surface area contributed by atoms with E-state index in [0.717, 1.165) is 47.8 Å². The van der Waals surface area contributed by atoms with Gasteiger partial charge < -0.3 is 10.6 Å². The van der Waals surface area contributed by atoms with Crippen LogP contribution in [0, 0.1) is 11.7 Å². The highest BCUT2D eigenvalue weighted by molar-refractivity contribution is 7.09. The Bertz CT molecular complexity index is 957. The van der Waals surface area contributed by atoms with Crippen molar-refractivity contribution in [2.75, 3.05) is 13.1 Å². The molecule has 2 aromatic heterocycles. The summed E-state index contributed by atoms with van der Waals surface area (Å²) < 4.78 is 13.0. The van der Waals surface area contributed by atoms with Crippen molar-refractivity contribution in [1.29, 1.82) is 0 Å². The molecule has 0 radical (unpaired) electrons. The van der Waals surface area contributed by atoms with E-state index in [0.29, 0.717) is 18.0 Å². The van der Waals surface area contributed by atoms with Gasteiger partial charge in [0.05, 0.1) is 17.8 Å². The van der Waals surface area contributed by atoms with Crippen LogP contribution in [-0.4, -0.2) is 29.0 Å². The van der Waals surface area contributed by atoms with Gasteiger partial charge in [0.15, 0.2) is 0 Å². The molecule has 0 saturated carbocycles. The Morgan fingerprint density at radius 2 is 2.10 bits per heavy atom. The van der Waals surface area contributed by atoms with Gasteiger partial charge in [-0.2, -0.15) is 0 Å². The second-order valence-electron chi connectivity index (χ2n) is 6.96. The molecule has 5 nitrogen and oxygen atoms in total. The standard InChI is InChI=1S/C21H21FN4OS.ClH/c22-18-3-1-16(2-4-18)19-13-28-20(26-19)12-25-21(27)17-8-15(10-24-11-17)7-14-5-6-23-9-14;/h1-4,8,10-11,13-14,23H,5-7,9,12H2,(H,25,27);1H. The number of carbonyl (C=O) groups is 1. The fourth-order valence-corrected chi connectivity index (χ4v) is 4.09. The van der Waals surface area contributed by atoms with Crippen LogP contribution in [0.15, 0.2) is 48.1 Å². The number of rotatable bonds is 6.